The lowest BCUT2D eigenvalue weighted by molar-refractivity contribution is -0.339. The Labute approximate surface area is 486 Å². The van der Waals surface area contributed by atoms with Crippen molar-refractivity contribution in [3.63, 3.8) is 0 Å². The molecule has 6 aliphatic carbocycles. The van der Waals surface area contributed by atoms with Crippen molar-refractivity contribution in [1.82, 2.24) is 0 Å². The number of ether oxygens (including phenoxy) is 10. The molecule has 8 fully saturated rings. The lowest BCUT2D eigenvalue weighted by Gasteiger charge is -2.68. The number of carbonyl (C=O) groups excluding carboxylic acids is 9. The van der Waals surface area contributed by atoms with Gasteiger partial charge in [0.2, 0.25) is 23.1 Å². The molecular weight excluding hydrogens is 1090 g/mol. The Morgan fingerprint density at radius 1 is 0.571 bits per heavy atom. The highest BCUT2D eigenvalue weighted by Crippen LogP contribution is 2.70. The predicted octanol–water partition coefficient (Wildman–Crippen LogP) is 7.78. The number of Topliss-reactive ketones (excluding diaryl/α,β-unsaturated/α-hetero) is 3. The molecule has 20 nitrogen and oxygen atoms in total. The molecule has 4 bridgehead atoms. The highest BCUT2D eigenvalue weighted by Gasteiger charge is 2.84. The summed E-state index contributed by atoms with van der Waals surface area (Å²) in [6.07, 6.45) is -9.36. The van der Waals surface area contributed by atoms with Crippen molar-refractivity contribution in [1.29, 1.82) is 0 Å². The van der Waals surface area contributed by atoms with Gasteiger partial charge in [-0.3, -0.25) is 24.0 Å². The molecule has 10 aliphatic rings. The predicted molar refractivity (Wildman–Crippen MR) is 291 cm³/mol. The van der Waals surface area contributed by atoms with Crippen LogP contribution in [0, 0.1) is 57.2 Å². The minimum Gasteiger partial charge on any atom is -0.454 e. The largest absolute Gasteiger partial charge is 0.510 e. The Morgan fingerprint density at radius 3 is 1.40 bits per heavy atom. The summed E-state index contributed by atoms with van der Waals surface area (Å²) in [5.74, 6) is -7.64. The standard InChI is InChI=1S/C32H38O10.C32H36O10/c2*1-15-13-20-31(14-38-20,41-18(4)33)23-26(39-27(36)19-11-9-8-10-12-19)32-25(40-28(37)42-32)22(34)16(2)21(29(32,5)6)17(3)24(35)30(15,23)7/h8-12,15,17,20,22-23,25-26,34H,13-14H2,1-7H3;8-12,15,17,20,23,25-26H,13-14H2,1-7H3/t15-,17+,20?,22+,23-,25-,26-,30+,31-,32+;15-,17+,20?,23-,25-,26-,30+,31-,32+/m00/s1. The molecule has 2 spiro atoms. The van der Waals surface area contributed by atoms with E-state index in [1.807, 2.05) is 34.6 Å². The minimum absolute atomic E-state index is 0.0362. The fourth-order valence-corrected chi connectivity index (χ4v) is 18.2. The lowest BCUT2D eigenvalue weighted by Crippen LogP contribution is -2.81. The van der Waals surface area contributed by atoms with Crippen LogP contribution in [0.5, 0.6) is 0 Å². The molecule has 4 saturated heterocycles. The van der Waals surface area contributed by atoms with E-state index in [-0.39, 0.29) is 47.7 Å². The van der Waals surface area contributed by atoms with Gasteiger partial charge in [0.05, 0.1) is 36.2 Å². The van der Waals surface area contributed by atoms with Crippen LogP contribution in [0.15, 0.2) is 83.0 Å². The van der Waals surface area contributed by atoms with E-state index in [1.54, 1.807) is 109 Å². The van der Waals surface area contributed by atoms with Gasteiger partial charge in [-0.2, -0.15) is 0 Å². The molecule has 2 unspecified atom stereocenters. The topological polar surface area (TPSA) is 266 Å². The first-order valence-electron chi connectivity index (χ1n) is 29.0. The maximum Gasteiger partial charge on any atom is 0.510 e. The van der Waals surface area contributed by atoms with Crippen LogP contribution in [0.25, 0.3) is 0 Å². The number of ketones is 3. The Morgan fingerprint density at radius 2 is 0.976 bits per heavy atom. The van der Waals surface area contributed by atoms with Crippen LogP contribution in [-0.4, -0.2) is 137 Å². The van der Waals surface area contributed by atoms with Gasteiger partial charge in [0.25, 0.3) is 0 Å². The van der Waals surface area contributed by atoms with E-state index < -0.39 is 152 Å². The minimum atomic E-state index is -1.88. The molecule has 4 aliphatic heterocycles. The van der Waals surface area contributed by atoms with Crippen LogP contribution in [-0.2, 0) is 71.3 Å². The van der Waals surface area contributed by atoms with Crippen molar-refractivity contribution in [3.05, 3.63) is 94.1 Å². The van der Waals surface area contributed by atoms with Gasteiger partial charge in [-0.05, 0) is 85.1 Å². The quantitative estimate of drug-likeness (QED) is 0.164. The smallest absolute Gasteiger partial charge is 0.454 e. The maximum absolute atomic E-state index is 14.9. The summed E-state index contributed by atoms with van der Waals surface area (Å²) >= 11 is 0. The number of fused-ring (bicyclic) bond motifs is 8. The number of hydrogen-bond acceptors (Lipinski definition) is 20. The summed E-state index contributed by atoms with van der Waals surface area (Å²) in [6, 6.07) is 16.6. The molecule has 12 rings (SSSR count). The van der Waals surface area contributed by atoms with E-state index in [0.717, 1.165) is 0 Å². The van der Waals surface area contributed by atoms with Gasteiger partial charge < -0.3 is 52.5 Å². The average Bonchev–Trinajstić information content (AvgIpc) is 1.05. The fraction of sp³-hybridized carbons (Fsp3) is 0.609. The number of carbonyl (C=O) groups is 9. The highest BCUT2D eigenvalue weighted by atomic mass is 16.8. The van der Waals surface area contributed by atoms with Gasteiger partial charge >= 0.3 is 36.2 Å². The zero-order valence-corrected chi connectivity index (χ0v) is 49.8. The second-order valence-electron chi connectivity index (χ2n) is 26.6. The van der Waals surface area contributed by atoms with E-state index >= 15 is 0 Å². The second kappa shape index (κ2) is 19.4. The maximum atomic E-state index is 14.9. The zero-order valence-electron chi connectivity index (χ0n) is 49.8. The SMILES string of the molecule is CC(=O)O[C@@]12COC1C[C@H](C)[C@@]1(C)C(=O)[C@H](C)C3=C(C)C(=O)[C@@H]4OC(=O)O[C@]4([C@@H](OC(=O)c4ccccc4)[C@@H]12)C3(C)C.CC(=O)O[C@@]12COC1C[C@H](C)[C@@]1(C)C(=O)[C@H](C)C3=C(C)[C@@H](O)[C@@H]4OC(=O)O[C@]4([C@@H](OC(=O)c4ccccc4)[C@@H]12)C3(C)C. The van der Waals surface area contributed by atoms with Crippen LogP contribution < -0.4 is 0 Å². The Bertz CT molecular complexity index is 3270. The molecule has 4 heterocycles. The summed E-state index contributed by atoms with van der Waals surface area (Å²) in [7, 11) is 0. The van der Waals surface area contributed by atoms with Crippen molar-refractivity contribution in [3.8, 4) is 0 Å². The first-order chi connectivity index (χ1) is 39.3. The summed E-state index contributed by atoms with van der Waals surface area (Å²) in [4.78, 5) is 123. The number of benzene rings is 2. The molecule has 0 radical (unpaired) electrons. The van der Waals surface area contributed by atoms with Crippen LogP contribution in [0.3, 0.4) is 0 Å². The first kappa shape index (κ1) is 59.0. The van der Waals surface area contributed by atoms with Crippen molar-refractivity contribution >= 4 is 53.5 Å². The average molecular weight is 1160 g/mol. The molecule has 20 heteroatoms. The Hall–Kier alpha value is -6.77. The van der Waals surface area contributed by atoms with E-state index in [0.29, 0.717) is 35.1 Å². The summed E-state index contributed by atoms with van der Waals surface area (Å²) in [5, 5.41) is 11.7. The molecule has 0 amide bonds. The number of rotatable bonds is 6. The van der Waals surface area contributed by atoms with Gasteiger partial charge in [0, 0.05) is 47.3 Å². The van der Waals surface area contributed by atoms with Crippen LogP contribution in [0.4, 0.5) is 9.59 Å². The normalized spacial score (nSPS) is 42.4. The van der Waals surface area contributed by atoms with E-state index in [2.05, 4.69) is 0 Å². The summed E-state index contributed by atoms with van der Waals surface area (Å²) < 4.78 is 60.7. The van der Waals surface area contributed by atoms with Gasteiger partial charge in [-0.25, -0.2) is 19.2 Å². The van der Waals surface area contributed by atoms with Gasteiger partial charge in [-0.1, -0.05) is 106 Å². The fourth-order valence-electron chi connectivity index (χ4n) is 18.2. The van der Waals surface area contributed by atoms with Crippen molar-refractivity contribution in [2.45, 2.75) is 175 Å². The summed E-state index contributed by atoms with van der Waals surface area (Å²) in [5.41, 5.74) is -8.90. The summed E-state index contributed by atoms with van der Waals surface area (Å²) in [6.45, 7) is 24.1. The molecule has 1 N–H and O–H groups in total. The third-order valence-electron chi connectivity index (χ3n) is 22.2. The van der Waals surface area contributed by atoms with Crippen LogP contribution in [0.1, 0.15) is 130 Å². The number of hydrogen-bond donors (Lipinski definition) is 1. The van der Waals surface area contributed by atoms with Crippen molar-refractivity contribution < 1.29 is 95.6 Å². The molecule has 84 heavy (non-hydrogen) atoms. The molecule has 450 valence electrons. The monoisotopic (exact) mass is 1160 g/mol. The molecular formula is C64H74O20. The van der Waals surface area contributed by atoms with Gasteiger partial charge in [-0.15, -0.1) is 0 Å². The third kappa shape index (κ3) is 7.49. The van der Waals surface area contributed by atoms with Crippen LogP contribution in [0.2, 0.25) is 0 Å². The zero-order chi connectivity index (χ0) is 61.1. The van der Waals surface area contributed by atoms with Gasteiger partial charge in [0.15, 0.2) is 29.5 Å². The lowest BCUT2D eigenvalue weighted by atomic mass is 9.42. The Kier molecular flexibility index (Phi) is 13.6. The van der Waals surface area contributed by atoms with Crippen molar-refractivity contribution in [2.24, 2.45) is 57.2 Å². The number of aliphatic hydroxyl groups excluding tert-OH is 1. The van der Waals surface area contributed by atoms with Crippen LogP contribution >= 0.6 is 0 Å². The number of aliphatic hydroxyl groups is 1. The molecule has 2 aromatic carbocycles. The third-order valence-corrected chi connectivity index (χ3v) is 22.2. The number of esters is 4. The first-order valence-corrected chi connectivity index (χ1v) is 29.0. The van der Waals surface area contributed by atoms with E-state index in [9.17, 15) is 48.3 Å². The second-order valence-corrected chi connectivity index (χ2v) is 26.6. The molecule has 0 aromatic heterocycles. The van der Waals surface area contributed by atoms with Crippen molar-refractivity contribution in [2.75, 3.05) is 13.2 Å². The van der Waals surface area contributed by atoms with Gasteiger partial charge in [0.1, 0.15) is 29.9 Å². The molecule has 4 saturated carbocycles. The Balaban J connectivity index is 0.000000175. The molecule has 19 atom stereocenters. The van der Waals surface area contributed by atoms with E-state index in [1.165, 1.54) is 13.8 Å². The highest BCUT2D eigenvalue weighted by molar-refractivity contribution is 6.06. The van der Waals surface area contributed by atoms with E-state index in [4.69, 9.17) is 47.4 Å². The molecule has 2 aromatic rings.